The standard InChI is InChI=1S/C11H17N3S2/c1-14(2)6-5-8-13-9(7-3-4-7)10(16-8)11(12)15/h7H,3-6H2,1-2H3,(H2,12,15). The van der Waals surface area contributed by atoms with E-state index in [1.165, 1.54) is 17.8 Å². The molecule has 1 fully saturated rings. The van der Waals surface area contributed by atoms with Crippen molar-refractivity contribution < 1.29 is 0 Å². The first kappa shape index (κ1) is 12.0. The van der Waals surface area contributed by atoms with Crippen LogP contribution in [0.15, 0.2) is 0 Å². The van der Waals surface area contributed by atoms with Gasteiger partial charge >= 0.3 is 0 Å². The van der Waals surface area contributed by atoms with E-state index in [9.17, 15) is 0 Å². The Morgan fingerprint density at radius 1 is 1.56 bits per heavy atom. The molecular formula is C11H17N3S2. The van der Waals surface area contributed by atoms with Crippen molar-refractivity contribution in [2.75, 3.05) is 20.6 Å². The molecule has 5 heteroatoms. The topological polar surface area (TPSA) is 42.2 Å². The molecule has 0 atom stereocenters. The van der Waals surface area contributed by atoms with Crippen LogP contribution in [0, 0.1) is 0 Å². The van der Waals surface area contributed by atoms with Gasteiger partial charge in [0.1, 0.15) is 4.99 Å². The van der Waals surface area contributed by atoms with Crippen LogP contribution in [0.1, 0.15) is 34.3 Å². The minimum absolute atomic E-state index is 0.510. The van der Waals surface area contributed by atoms with E-state index < -0.39 is 0 Å². The van der Waals surface area contributed by atoms with Gasteiger partial charge in [0.15, 0.2) is 0 Å². The Bertz CT molecular complexity index is 394. The first-order chi connectivity index (χ1) is 7.58. The van der Waals surface area contributed by atoms with Gasteiger partial charge in [0.2, 0.25) is 0 Å². The number of hydrogen-bond donors (Lipinski definition) is 1. The molecule has 0 amide bonds. The summed E-state index contributed by atoms with van der Waals surface area (Å²) in [5, 5.41) is 1.17. The molecule has 0 aromatic carbocycles. The number of hydrogen-bond acceptors (Lipinski definition) is 4. The van der Waals surface area contributed by atoms with Crippen molar-refractivity contribution in [1.29, 1.82) is 0 Å². The smallest absolute Gasteiger partial charge is 0.116 e. The molecule has 0 spiro atoms. The second-order valence-corrected chi connectivity index (χ2v) is 6.04. The zero-order valence-electron chi connectivity index (χ0n) is 9.69. The van der Waals surface area contributed by atoms with E-state index in [4.69, 9.17) is 18.0 Å². The number of likely N-dealkylation sites (N-methyl/N-ethyl adjacent to an activating group) is 1. The summed E-state index contributed by atoms with van der Waals surface area (Å²) in [6, 6.07) is 0. The van der Waals surface area contributed by atoms with Crippen LogP contribution in [-0.4, -0.2) is 35.5 Å². The molecule has 1 heterocycles. The van der Waals surface area contributed by atoms with Crippen LogP contribution in [0.25, 0.3) is 0 Å². The third-order valence-electron chi connectivity index (χ3n) is 2.66. The second kappa shape index (κ2) is 4.77. The van der Waals surface area contributed by atoms with Crippen LogP contribution in [0.5, 0.6) is 0 Å². The molecule has 0 unspecified atom stereocenters. The zero-order chi connectivity index (χ0) is 11.7. The lowest BCUT2D eigenvalue weighted by molar-refractivity contribution is 0.413. The van der Waals surface area contributed by atoms with Gasteiger partial charge in [0.05, 0.1) is 15.6 Å². The quantitative estimate of drug-likeness (QED) is 0.814. The van der Waals surface area contributed by atoms with Gasteiger partial charge in [-0.3, -0.25) is 0 Å². The molecule has 2 N–H and O–H groups in total. The SMILES string of the molecule is CN(C)CCc1nc(C2CC2)c(C(N)=S)s1. The predicted octanol–water partition coefficient (Wildman–Crippen LogP) is 1.76. The van der Waals surface area contributed by atoms with Crippen molar-refractivity contribution in [2.45, 2.75) is 25.2 Å². The molecule has 16 heavy (non-hydrogen) atoms. The highest BCUT2D eigenvalue weighted by Crippen LogP contribution is 2.42. The largest absolute Gasteiger partial charge is 0.389 e. The highest BCUT2D eigenvalue weighted by Gasteiger charge is 2.30. The molecule has 0 radical (unpaired) electrons. The summed E-state index contributed by atoms with van der Waals surface area (Å²) in [6.45, 7) is 1.02. The highest BCUT2D eigenvalue weighted by atomic mass is 32.1. The second-order valence-electron chi connectivity index (χ2n) is 4.51. The number of nitrogens with zero attached hydrogens (tertiary/aromatic N) is 2. The van der Waals surface area contributed by atoms with E-state index in [0.29, 0.717) is 10.9 Å². The molecular weight excluding hydrogens is 238 g/mol. The molecule has 1 saturated carbocycles. The maximum Gasteiger partial charge on any atom is 0.116 e. The van der Waals surface area contributed by atoms with Gasteiger partial charge in [-0.25, -0.2) is 4.98 Å². The van der Waals surface area contributed by atoms with E-state index in [-0.39, 0.29) is 0 Å². The molecule has 0 bridgehead atoms. The van der Waals surface area contributed by atoms with E-state index in [1.807, 2.05) is 0 Å². The van der Waals surface area contributed by atoms with Gasteiger partial charge in [0, 0.05) is 18.9 Å². The van der Waals surface area contributed by atoms with Gasteiger partial charge in [0.25, 0.3) is 0 Å². The summed E-state index contributed by atoms with van der Waals surface area (Å²) in [4.78, 5) is 8.41. The van der Waals surface area contributed by atoms with Gasteiger partial charge in [-0.2, -0.15) is 0 Å². The first-order valence-corrected chi connectivity index (χ1v) is 6.74. The first-order valence-electron chi connectivity index (χ1n) is 5.52. The molecule has 1 aliphatic rings. The van der Waals surface area contributed by atoms with Gasteiger partial charge < -0.3 is 10.6 Å². The molecule has 3 nitrogen and oxygen atoms in total. The molecule has 0 aliphatic heterocycles. The lowest BCUT2D eigenvalue weighted by atomic mass is 10.2. The molecule has 2 rings (SSSR count). The minimum atomic E-state index is 0.510. The van der Waals surface area contributed by atoms with Crippen LogP contribution in [0.2, 0.25) is 0 Å². The average molecular weight is 255 g/mol. The Kier molecular flexibility index (Phi) is 3.56. The van der Waals surface area contributed by atoms with Crippen LogP contribution in [0.3, 0.4) is 0 Å². The Morgan fingerprint density at radius 2 is 2.25 bits per heavy atom. The zero-order valence-corrected chi connectivity index (χ0v) is 11.3. The van der Waals surface area contributed by atoms with Crippen molar-refractivity contribution in [1.82, 2.24) is 9.88 Å². The summed E-state index contributed by atoms with van der Waals surface area (Å²) in [7, 11) is 4.15. The summed E-state index contributed by atoms with van der Waals surface area (Å²) in [6.07, 6.45) is 3.47. The summed E-state index contributed by atoms with van der Waals surface area (Å²) < 4.78 is 0. The van der Waals surface area contributed by atoms with Gasteiger partial charge in [-0.05, 0) is 26.9 Å². The maximum absolute atomic E-state index is 5.74. The van der Waals surface area contributed by atoms with Crippen LogP contribution < -0.4 is 5.73 Å². The lowest BCUT2D eigenvalue weighted by Crippen LogP contribution is -2.14. The highest BCUT2D eigenvalue weighted by molar-refractivity contribution is 7.81. The number of nitrogens with two attached hydrogens (primary N) is 1. The van der Waals surface area contributed by atoms with Crippen molar-refractivity contribution >= 4 is 28.5 Å². The lowest BCUT2D eigenvalue weighted by Gasteiger charge is -2.06. The molecule has 0 saturated heterocycles. The van der Waals surface area contributed by atoms with Crippen molar-refractivity contribution in [2.24, 2.45) is 5.73 Å². The fourth-order valence-electron chi connectivity index (χ4n) is 1.61. The van der Waals surface area contributed by atoms with Crippen molar-refractivity contribution in [3.63, 3.8) is 0 Å². The minimum Gasteiger partial charge on any atom is -0.389 e. The Morgan fingerprint density at radius 3 is 2.75 bits per heavy atom. The fourth-order valence-corrected chi connectivity index (χ4v) is 2.83. The molecule has 1 aromatic rings. The van der Waals surface area contributed by atoms with Gasteiger partial charge in [-0.1, -0.05) is 12.2 Å². The van der Waals surface area contributed by atoms with Crippen LogP contribution in [-0.2, 0) is 6.42 Å². The van der Waals surface area contributed by atoms with Crippen molar-refractivity contribution in [3.8, 4) is 0 Å². The number of rotatable bonds is 5. The molecule has 88 valence electrons. The van der Waals surface area contributed by atoms with E-state index in [2.05, 4.69) is 24.0 Å². The van der Waals surface area contributed by atoms with E-state index in [1.54, 1.807) is 11.3 Å². The van der Waals surface area contributed by atoms with E-state index in [0.717, 1.165) is 23.5 Å². The molecule has 1 aromatic heterocycles. The fraction of sp³-hybridized carbons (Fsp3) is 0.636. The van der Waals surface area contributed by atoms with Gasteiger partial charge in [-0.15, -0.1) is 11.3 Å². The van der Waals surface area contributed by atoms with Crippen LogP contribution in [0.4, 0.5) is 0 Å². The number of thiocarbonyl (C=S) groups is 1. The maximum atomic E-state index is 5.74. The van der Waals surface area contributed by atoms with Crippen molar-refractivity contribution in [3.05, 3.63) is 15.6 Å². The Labute approximate surface area is 106 Å². The average Bonchev–Trinajstić information content (AvgIpc) is 2.95. The Hall–Kier alpha value is -0.520. The normalized spacial score (nSPS) is 15.7. The molecule has 1 aliphatic carbocycles. The summed E-state index contributed by atoms with van der Waals surface area (Å²) in [5.74, 6) is 0.626. The third-order valence-corrected chi connectivity index (χ3v) is 4.16. The summed E-state index contributed by atoms with van der Waals surface area (Å²) in [5.41, 5.74) is 6.90. The third kappa shape index (κ3) is 2.78. The predicted molar refractivity (Wildman–Crippen MR) is 72.2 cm³/mol. The monoisotopic (exact) mass is 255 g/mol. The number of aromatic nitrogens is 1. The number of thiazole rings is 1. The Balaban J connectivity index is 2.14. The van der Waals surface area contributed by atoms with Crippen LogP contribution >= 0.6 is 23.6 Å². The summed E-state index contributed by atoms with van der Waals surface area (Å²) >= 11 is 6.76. The van der Waals surface area contributed by atoms with E-state index >= 15 is 0 Å².